The molecule has 0 aromatic heterocycles. The van der Waals surface area contributed by atoms with Crippen LogP contribution in [0.1, 0.15) is 27.2 Å². The molecule has 0 aliphatic carbocycles. The molecule has 1 heterocycles. The van der Waals surface area contributed by atoms with E-state index in [-0.39, 0.29) is 0 Å². The first-order valence-electron chi connectivity index (χ1n) is 3.80. The van der Waals surface area contributed by atoms with Crippen LogP contribution in [0.3, 0.4) is 0 Å². The summed E-state index contributed by atoms with van der Waals surface area (Å²) in [6.45, 7) is 6.36. The number of amidine groups is 1. The van der Waals surface area contributed by atoms with E-state index in [0.717, 1.165) is 12.3 Å². The second-order valence-corrected chi connectivity index (χ2v) is 3.04. The number of rotatable bonds is 1. The Kier molecular flexibility index (Phi) is 2.20. The number of hydrogen-bond acceptors (Lipinski definition) is 2. The van der Waals surface area contributed by atoms with Crippen LogP contribution in [0.4, 0.5) is 0 Å². The molecule has 0 saturated carbocycles. The Balaban J connectivity index is 2.66. The molecule has 2 heteroatoms. The highest BCUT2D eigenvalue weighted by molar-refractivity contribution is 5.92. The van der Waals surface area contributed by atoms with E-state index in [4.69, 9.17) is 0 Å². The smallest absolute Gasteiger partial charge is 0.125 e. The first-order valence-corrected chi connectivity index (χ1v) is 3.80. The van der Waals surface area contributed by atoms with Crippen molar-refractivity contribution in [2.75, 3.05) is 0 Å². The minimum absolute atomic E-state index is 0.440. The average Bonchev–Trinajstić information content (AvgIpc) is 1.88. The highest BCUT2D eigenvalue weighted by Gasteiger charge is 2.08. The van der Waals surface area contributed by atoms with Crippen LogP contribution in [0.25, 0.3) is 0 Å². The van der Waals surface area contributed by atoms with E-state index >= 15 is 0 Å². The van der Waals surface area contributed by atoms with E-state index in [0.29, 0.717) is 12.0 Å². The second-order valence-electron chi connectivity index (χ2n) is 3.04. The molecule has 1 rings (SSSR count). The highest BCUT2D eigenvalue weighted by atomic mass is 15.0. The van der Waals surface area contributed by atoms with Gasteiger partial charge in [0.05, 0.1) is 6.04 Å². The molecule has 2 nitrogen and oxygen atoms in total. The third-order valence-electron chi connectivity index (χ3n) is 1.54. The molecule has 0 N–H and O–H groups in total. The van der Waals surface area contributed by atoms with E-state index in [1.54, 1.807) is 0 Å². The van der Waals surface area contributed by atoms with Gasteiger partial charge in [-0.15, -0.1) is 0 Å². The summed E-state index contributed by atoms with van der Waals surface area (Å²) in [5, 5.41) is 0. The Morgan fingerprint density at radius 2 is 2.30 bits per heavy atom. The molecule has 1 atom stereocenters. The van der Waals surface area contributed by atoms with Gasteiger partial charge in [0.2, 0.25) is 0 Å². The summed E-state index contributed by atoms with van der Waals surface area (Å²) >= 11 is 0. The van der Waals surface area contributed by atoms with E-state index in [9.17, 15) is 0 Å². The Labute approximate surface area is 62.1 Å². The summed E-state index contributed by atoms with van der Waals surface area (Å²) in [6.07, 6.45) is 2.96. The molecular formula is C8H14N2. The maximum absolute atomic E-state index is 4.40. The summed E-state index contributed by atoms with van der Waals surface area (Å²) in [7, 11) is 0. The molecule has 1 unspecified atom stereocenters. The second kappa shape index (κ2) is 2.95. The lowest BCUT2D eigenvalue weighted by molar-refractivity contribution is 0.746. The van der Waals surface area contributed by atoms with Gasteiger partial charge in [-0.3, -0.25) is 4.99 Å². The number of hydrogen-bond donors (Lipinski definition) is 0. The maximum Gasteiger partial charge on any atom is 0.125 e. The first-order chi connectivity index (χ1) is 4.70. The number of aliphatic imine (C=N–C) groups is 2. The summed E-state index contributed by atoms with van der Waals surface area (Å²) < 4.78 is 0. The van der Waals surface area contributed by atoms with Crippen LogP contribution in [-0.2, 0) is 0 Å². The van der Waals surface area contributed by atoms with Crippen molar-refractivity contribution in [3.8, 4) is 0 Å². The lowest BCUT2D eigenvalue weighted by Crippen LogP contribution is -2.14. The molecule has 0 aromatic rings. The molecule has 0 aromatic carbocycles. The third-order valence-corrected chi connectivity index (χ3v) is 1.54. The van der Waals surface area contributed by atoms with Crippen molar-refractivity contribution in [3.05, 3.63) is 0 Å². The molecule has 0 fully saturated rings. The molecule has 0 bridgehead atoms. The minimum atomic E-state index is 0.440. The Morgan fingerprint density at radius 1 is 1.60 bits per heavy atom. The van der Waals surface area contributed by atoms with Crippen LogP contribution in [-0.4, -0.2) is 18.1 Å². The Hall–Kier alpha value is -0.660. The molecule has 0 amide bonds. The zero-order valence-electron chi connectivity index (χ0n) is 6.83. The van der Waals surface area contributed by atoms with Gasteiger partial charge in [-0.05, 0) is 6.92 Å². The van der Waals surface area contributed by atoms with Crippen molar-refractivity contribution in [2.45, 2.75) is 33.2 Å². The van der Waals surface area contributed by atoms with Gasteiger partial charge in [-0.25, -0.2) is 4.99 Å². The van der Waals surface area contributed by atoms with Crippen molar-refractivity contribution in [2.24, 2.45) is 15.9 Å². The standard InChI is InChI=1S/C8H14N2/c1-6(2)8-9-5-4-7(3)10-8/h5-7H,4H2,1-3H3. The molecule has 1 aliphatic rings. The third kappa shape index (κ3) is 1.66. The van der Waals surface area contributed by atoms with Gasteiger partial charge < -0.3 is 0 Å². The van der Waals surface area contributed by atoms with Gasteiger partial charge in [-0.2, -0.15) is 0 Å². The fraction of sp³-hybridized carbons (Fsp3) is 0.750. The Bertz CT molecular complexity index is 168. The fourth-order valence-electron chi connectivity index (χ4n) is 0.909. The van der Waals surface area contributed by atoms with Gasteiger partial charge in [-0.1, -0.05) is 13.8 Å². The summed E-state index contributed by atoms with van der Waals surface area (Å²) in [6, 6.07) is 0.440. The predicted molar refractivity (Wildman–Crippen MR) is 44.8 cm³/mol. The van der Waals surface area contributed by atoms with Crippen LogP contribution in [0.15, 0.2) is 9.98 Å². The number of nitrogens with zero attached hydrogens (tertiary/aromatic N) is 2. The maximum atomic E-state index is 4.40. The topological polar surface area (TPSA) is 24.7 Å². The van der Waals surface area contributed by atoms with Crippen LogP contribution in [0.5, 0.6) is 0 Å². The predicted octanol–water partition coefficient (Wildman–Crippen LogP) is 1.90. The zero-order chi connectivity index (χ0) is 7.56. The fourth-order valence-corrected chi connectivity index (χ4v) is 0.909. The molecular weight excluding hydrogens is 124 g/mol. The van der Waals surface area contributed by atoms with E-state index in [1.165, 1.54) is 0 Å². The quantitative estimate of drug-likeness (QED) is 0.528. The lowest BCUT2D eigenvalue weighted by atomic mass is 10.1. The van der Waals surface area contributed by atoms with Crippen LogP contribution in [0, 0.1) is 5.92 Å². The largest absolute Gasteiger partial charge is 0.267 e. The van der Waals surface area contributed by atoms with Gasteiger partial charge in [0.1, 0.15) is 5.84 Å². The molecule has 0 spiro atoms. The van der Waals surface area contributed by atoms with E-state index < -0.39 is 0 Å². The van der Waals surface area contributed by atoms with E-state index in [2.05, 4.69) is 30.8 Å². The van der Waals surface area contributed by atoms with Crippen molar-refractivity contribution in [1.82, 2.24) is 0 Å². The summed E-state index contributed by atoms with van der Waals surface area (Å²) in [4.78, 5) is 8.60. The van der Waals surface area contributed by atoms with Crippen molar-refractivity contribution in [1.29, 1.82) is 0 Å². The zero-order valence-corrected chi connectivity index (χ0v) is 6.83. The molecule has 0 saturated heterocycles. The highest BCUT2D eigenvalue weighted by Crippen LogP contribution is 2.07. The SMILES string of the molecule is CC1CC=NC(C(C)C)=N1. The average molecular weight is 138 g/mol. The van der Waals surface area contributed by atoms with E-state index in [1.807, 2.05) is 6.21 Å². The van der Waals surface area contributed by atoms with Gasteiger partial charge in [0.25, 0.3) is 0 Å². The summed E-state index contributed by atoms with van der Waals surface area (Å²) in [5.41, 5.74) is 0. The lowest BCUT2D eigenvalue weighted by Gasteiger charge is -2.12. The van der Waals surface area contributed by atoms with Crippen molar-refractivity contribution >= 4 is 12.1 Å². The minimum Gasteiger partial charge on any atom is -0.267 e. The molecule has 0 radical (unpaired) electrons. The monoisotopic (exact) mass is 138 g/mol. The van der Waals surface area contributed by atoms with Gasteiger partial charge >= 0.3 is 0 Å². The van der Waals surface area contributed by atoms with Gasteiger partial charge in [0.15, 0.2) is 0 Å². The Morgan fingerprint density at radius 3 is 2.70 bits per heavy atom. The van der Waals surface area contributed by atoms with Crippen LogP contribution >= 0.6 is 0 Å². The van der Waals surface area contributed by atoms with Crippen LogP contribution in [0.2, 0.25) is 0 Å². The summed E-state index contributed by atoms with van der Waals surface area (Å²) in [5.74, 6) is 1.47. The molecule has 10 heavy (non-hydrogen) atoms. The first kappa shape index (κ1) is 7.45. The van der Waals surface area contributed by atoms with Crippen molar-refractivity contribution < 1.29 is 0 Å². The normalized spacial score (nSPS) is 25.2. The molecule has 56 valence electrons. The van der Waals surface area contributed by atoms with Gasteiger partial charge in [0, 0.05) is 18.6 Å². The van der Waals surface area contributed by atoms with Crippen LogP contribution < -0.4 is 0 Å². The van der Waals surface area contributed by atoms with Crippen molar-refractivity contribution in [3.63, 3.8) is 0 Å². The molecule has 1 aliphatic heterocycles.